The Morgan fingerprint density at radius 2 is 1.84 bits per heavy atom. The maximum Gasteiger partial charge on any atom is 0.187 e. The maximum absolute atomic E-state index is 13.1. The van der Waals surface area contributed by atoms with Crippen LogP contribution in [0.2, 0.25) is 5.02 Å². The lowest BCUT2D eigenvalue weighted by molar-refractivity contribution is 0.0910. The van der Waals surface area contributed by atoms with Crippen LogP contribution in [0.5, 0.6) is 5.75 Å². The number of thioether (sulfide) groups is 1. The van der Waals surface area contributed by atoms with Gasteiger partial charge in [-0.2, -0.15) is 0 Å². The van der Waals surface area contributed by atoms with Gasteiger partial charge in [-0.15, -0.1) is 11.8 Å². The first-order valence-corrected chi connectivity index (χ1v) is 9.76. The number of benzene rings is 2. The summed E-state index contributed by atoms with van der Waals surface area (Å²) in [6.45, 7) is 6.30. The van der Waals surface area contributed by atoms with E-state index in [1.54, 1.807) is 17.8 Å². The van der Waals surface area contributed by atoms with Gasteiger partial charge in [-0.05, 0) is 51.3 Å². The fourth-order valence-electron chi connectivity index (χ4n) is 2.54. The zero-order valence-electron chi connectivity index (χ0n) is 15.3. The van der Waals surface area contributed by atoms with Gasteiger partial charge >= 0.3 is 0 Å². The average molecular weight is 378 g/mol. The second-order valence-electron chi connectivity index (χ2n) is 6.22. The van der Waals surface area contributed by atoms with Crippen LogP contribution >= 0.6 is 23.4 Å². The molecule has 0 bridgehead atoms. The number of hydrogen-bond acceptors (Lipinski definition) is 4. The van der Waals surface area contributed by atoms with Crippen molar-refractivity contribution in [2.75, 3.05) is 24.8 Å². The van der Waals surface area contributed by atoms with Crippen LogP contribution in [-0.2, 0) is 0 Å². The molecule has 0 saturated heterocycles. The van der Waals surface area contributed by atoms with E-state index in [2.05, 4.69) is 0 Å². The third-order valence-corrected chi connectivity index (χ3v) is 5.40. The standard InChI is InChI=1S/C20H24ClNO2S/c1-6-24-18-13-15(9-12-17(18)21)22(4)20(2,3)19(23)14-7-10-16(25-5)11-8-14/h7-13H,6H2,1-5H3. The number of likely N-dealkylation sites (N-methyl/N-ethyl adjacent to an activating group) is 1. The third-order valence-electron chi connectivity index (χ3n) is 4.35. The monoisotopic (exact) mass is 377 g/mol. The third kappa shape index (κ3) is 4.31. The van der Waals surface area contributed by atoms with E-state index in [1.807, 2.05) is 75.4 Å². The average Bonchev–Trinajstić information content (AvgIpc) is 2.62. The fourth-order valence-corrected chi connectivity index (χ4v) is 3.12. The van der Waals surface area contributed by atoms with E-state index in [1.165, 1.54) is 0 Å². The van der Waals surface area contributed by atoms with Crippen molar-refractivity contribution in [2.45, 2.75) is 31.2 Å². The minimum absolute atomic E-state index is 0.0653. The van der Waals surface area contributed by atoms with E-state index < -0.39 is 5.54 Å². The minimum Gasteiger partial charge on any atom is -0.492 e. The van der Waals surface area contributed by atoms with Crippen LogP contribution in [0.25, 0.3) is 0 Å². The lowest BCUT2D eigenvalue weighted by atomic mass is 9.91. The molecule has 3 nitrogen and oxygen atoms in total. The van der Waals surface area contributed by atoms with Crippen molar-refractivity contribution in [3.63, 3.8) is 0 Å². The van der Waals surface area contributed by atoms with Crippen LogP contribution < -0.4 is 9.64 Å². The summed E-state index contributed by atoms with van der Waals surface area (Å²) in [6, 6.07) is 13.3. The lowest BCUT2D eigenvalue weighted by Gasteiger charge is -2.36. The van der Waals surface area contributed by atoms with Gasteiger partial charge in [-0.3, -0.25) is 4.79 Å². The first-order chi connectivity index (χ1) is 11.8. The van der Waals surface area contributed by atoms with E-state index >= 15 is 0 Å². The Bertz CT molecular complexity index is 744. The van der Waals surface area contributed by atoms with E-state index in [9.17, 15) is 4.79 Å². The Morgan fingerprint density at radius 1 is 1.20 bits per heavy atom. The summed E-state index contributed by atoms with van der Waals surface area (Å²) in [5.41, 5.74) is 0.874. The largest absolute Gasteiger partial charge is 0.492 e. The molecule has 2 aromatic rings. The van der Waals surface area contributed by atoms with Crippen LogP contribution in [0.15, 0.2) is 47.4 Å². The zero-order chi connectivity index (χ0) is 18.6. The number of ketones is 1. The van der Waals surface area contributed by atoms with Crippen LogP contribution in [0.3, 0.4) is 0 Å². The molecule has 0 atom stereocenters. The number of halogens is 1. The summed E-state index contributed by atoms with van der Waals surface area (Å²) < 4.78 is 5.56. The fraction of sp³-hybridized carbons (Fsp3) is 0.350. The first-order valence-electron chi connectivity index (χ1n) is 8.16. The summed E-state index contributed by atoms with van der Waals surface area (Å²) in [4.78, 5) is 16.1. The summed E-state index contributed by atoms with van der Waals surface area (Å²) in [5.74, 6) is 0.691. The molecule has 25 heavy (non-hydrogen) atoms. The van der Waals surface area contributed by atoms with Gasteiger partial charge in [-0.25, -0.2) is 0 Å². The quantitative estimate of drug-likeness (QED) is 0.466. The van der Waals surface area contributed by atoms with Gasteiger partial charge in [0.25, 0.3) is 0 Å². The molecule has 0 aliphatic rings. The molecule has 0 heterocycles. The van der Waals surface area contributed by atoms with Crippen molar-refractivity contribution in [1.29, 1.82) is 0 Å². The van der Waals surface area contributed by atoms with Crippen LogP contribution in [0, 0.1) is 0 Å². The van der Waals surface area contributed by atoms with Gasteiger partial charge in [0.05, 0.1) is 17.2 Å². The number of nitrogens with zero attached hydrogens (tertiary/aromatic N) is 1. The molecule has 0 N–H and O–H groups in total. The zero-order valence-corrected chi connectivity index (χ0v) is 16.9. The predicted molar refractivity (Wildman–Crippen MR) is 108 cm³/mol. The lowest BCUT2D eigenvalue weighted by Crippen LogP contribution is -2.48. The van der Waals surface area contributed by atoms with Gasteiger partial charge in [0.15, 0.2) is 5.78 Å². The highest BCUT2D eigenvalue weighted by molar-refractivity contribution is 7.98. The molecule has 0 unspecified atom stereocenters. The normalized spacial score (nSPS) is 11.3. The summed E-state index contributed by atoms with van der Waals surface area (Å²) in [5, 5.41) is 0.566. The summed E-state index contributed by atoms with van der Waals surface area (Å²) in [6.07, 6.45) is 2.02. The molecule has 0 spiro atoms. The smallest absolute Gasteiger partial charge is 0.187 e. The van der Waals surface area contributed by atoms with Gasteiger partial charge in [0.2, 0.25) is 0 Å². The minimum atomic E-state index is -0.710. The van der Waals surface area contributed by atoms with Gasteiger partial charge in [0, 0.05) is 29.3 Å². The van der Waals surface area contributed by atoms with Crippen molar-refractivity contribution < 1.29 is 9.53 Å². The SMILES string of the molecule is CCOc1cc(N(C)C(C)(C)C(=O)c2ccc(SC)cc2)ccc1Cl. The van der Waals surface area contributed by atoms with Crippen molar-refractivity contribution in [3.8, 4) is 5.75 Å². The van der Waals surface area contributed by atoms with E-state index in [4.69, 9.17) is 16.3 Å². The molecule has 0 aliphatic carbocycles. The number of rotatable bonds is 7. The Hall–Kier alpha value is -1.65. The molecule has 0 radical (unpaired) electrons. The molecule has 134 valence electrons. The number of Topliss-reactive ketones (excluding diaryl/α,β-unsaturated/α-hetero) is 1. The highest BCUT2D eigenvalue weighted by atomic mass is 35.5. The molecule has 0 saturated carbocycles. The molecule has 2 rings (SSSR count). The molecule has 5 heteroatoms. The summed E-state index contributed by atoms with van der Waals surface area (Å²) in [7, 11) is 1.91. The first kappa shape index (κ1) is 19.7. The second kappa shape index (κ2) is 8.15. The van der Waals surface area contributed by atoms with Crippen molar-refractivity contribution in [1.82, 2.24) is 0 Å². The Morgan fingerprint density at radius 3 is 2.40 bits per heavy atom. The number of carbonyl (C=O) groups excluding carboxylic acids is 1. The Kier molecular flexibility index (Phi) is 6.42. The Labute approximate surface area is 159 Å². The Balaban J connectivity index is 2.30. The van der Waals surface area contributed by atoms with Gasteiger partial charge < -0.3 is 9.64 Å². The summed E-state index contributed by atoms with van der Waals surface area (Å²) >= 11 is 7.83. The van der Waals surface area contributed by atoms with Gasteiger partial charge in [-0.1, -0.05) is 23.7 Å². The molecular weight excluding hydrogens is 354 g/mol. The molecule has 0 fully saturated rings. The van der Waals surface area contributed by atoms with Crippen LogP contribution in [0.4, 0.5) is 5.69 Å². The number of hydrogen-bond donors (Lipinski definition) is 0. The molecule has 2 aromatic carbocycles. The van der Waals surface area contributed by atoms with E-state index in [0.29, 0.717) is 22.9 Å². The number of carbonyl (C=O) groups is 1. The van der Waals surface area contributed by atoms with Crippen molar-refractivity contribution in [2.24, 2.45) is 0 Å². The van der Waals surface area contributed by atoms with E-state index in [-0.39, 0.29) is 5.78 Å². The molecule has 0 aliphatic heterocycles. The maximum atomic E-state index is 13.1. The topological polar surface area (TPSA) is 29.5 Å². The highest BCUT2D eigenvalue weighted by Crippen LogP contribution is 2.33. The van der Waals surface area contributed by atoms with Crippen molar-refractivity contribution in [3.05, 3.63) is 53.1 Å². The molecular formula is C20H24ClNO2S. The molecule has 0 aromatic heterocycles. The molecule has 0 amide bonds. The van der Waals surface area contributed by atoms with Crippen LogP contribution in [-0.4, -0.2) is 31.2 Å². The number of anilines is 1. The predicted octanol–water partition coefficient (Wildman–Crippen LogP) is 5.56. The van der Waals surface area contributed by atoms with Crippen molar-refractivity contribution >= 4 is 34.8 Å². The van der Waals surface area contributed by atoms with Crippen LogP contribution in [0.1, 0.15) is 31.1 Å². The second-order valence-corrected chi connectivity index (χ2v) is 7.51. The highest BCUT2D eigenvalue weighted by Gasteiger charge is 2.33. The van der Waals surface area contributed by atoms with E-state index in [0.717, 1.165) is 10.6 Å². The van der Waals surface area contributed by atoms with Gasteiger partial charge in [0.1, 0.15) is 5.75 Å². The number of ether oxygens (including phenoxy) is 1.